The first kappa shape index (κ1) is 22.3. The topological polar surface area (TPSA) is 110 Å². The summed E-state index contributed by atoms with van der Waals surface area (Å²) in [5.41, 5.74) is 0.491. The van der Waals surface area contributed by atoms with Gasteiger partial charge in [-0.15, -0.1) is 11.8 Å². The molecule has 2 aromatic carbocycles. The Bertz CT molecular complexity index is 1050. The van der Waals surface area contributed by atoms with Crippen LogP contribution in [0.15, 0.2) is 52.3 Å². The number of carbonyl (C=O) groups excluding carboxylic acids is 1. The number of hydrogen-bond acceptors (Lipinski definition) is 6. The number of benzene rings is 2. The van der Waals surface area contributed by atoms with Crippen molar-refractivity contribution in [3.63, 3.8) is 0 Å². The van der Waals surface area contributed by atoms with Gasteiger partial charge in [0.15, 0.2) is 0 Å². The summed E-state index contributed by atoms with van der Waals surface area (Å²) in [7, 11) is -3.64. The zero-order valence-electron chi connectivity index (χ0n) is 16.5. The monoisotopic (exact) mass is 449 g/mol. The summed E-state index contributed by atoms with van der Waals surface area (Å²) < 4.78 is 27.6. The van der Waals surface area contributed by atoms with E-state index in [0.29, 0.717) is 23.5 Å². The molecule has 1 saturated heterocycles. The molecular weight excluding hydrogens is 426 g/mol. The second-order valence-electron chi connectivity index (χ2n) is 6.90. The molecule has 1 aliphatic heterocycles. The number of nitrogens with one attached hydrogen (secondary N) is 1. The maximum atomic E-state index is 13.0. The van der Waals surface area contributed by atoms with Crippen LogP contribution in [0.1, 0.15) is 35.2 Å². The van der Waals surface area contributed by atoms with Gasteiger partial charge in [0.1, 0.15) is 0 Å². The number of rotatable bonds is 7. The van der Waals surface area contributed by atoms with E-state index >= 15 is 0 Å². The predicted octanol–water partition coefficient (Wildman–Crippen LogP) is 3.42. The summed E-state index contributed by atoms with van der Waals surface area (Å²) in [6.45, 7) is 0.989. The van der Waals surface area contributed by atoms with Crippen molar-refractivity contribution < 1.29 is 18.1 Å². The molecule has 30 heavy (non-hydrogen) atoms. The highest BCUT2D eigenvalue weighted by molar-refractivity contribution is 7.98. The lowest BCUT2D eigenvalue weighted by Gasteiger charge is -2.26. The second kappa shape index (κ2) is 9.59. The highest BCUT2D eigenvalue weighted by Crippen LogP contribution is 2.28. The Balaban J connectivity index is 1.79. The zero-order chi connectivity index (χ0) is 21.7. The van der Waals surface area contributed by atoms with E-state index in [1.54, 1.807) is 30.5 Å². The lowest BCUT2D eigenvalue weighted by atomic mass is 10.1. The van der Waals surface area contributed by atoms with Gasteiger partial charge in [-0.05, 0) is 42.9 Å². The molecule has 1 heterocycles. The maximum absolute atomic E-state index is 13.0. The third-order valence-corrected chi connectivity index (χ3v) is 7.77. The van der Waals surface area contributed by atoms with Crippen LogP contribution >= 0.6 is 11.8 Å². The third-order valence-electron chi connectivity index (χ3n) is 4.98. The first-order chi connectivity index (χ1) is 14.3. The van der Waals surface area contributed by atoms with E-state index in [1.165, 1.54) is 34.3 Å². The van der Waals surface area contributed by atoms with Crippen molar-refractivity contribution in [1.82, 2.24) is 9.62 Å². The molecule has 0 bridgehead atoms. The van der Waals surface area contributed by atoms with E-state index in [1.807, 2.05) is 0 Å². The first-order valence-corrected chi connectivity index (χ1v) is 12.2. The Kier molecular flexibility index (Phi) is 7.11. The summed E-state index contributed by atoms with van der Waals surface area (Å²) in [6.07, 6.45) is 4.42. The molecule has 0 spiro atoms. The highest BCUT2D eigenvalue weighted by Gasteiger charge is 2.28. The van der Waals surface area contributed by atoms with Crippen LogP contribution in [0.4, 0.5) is 5.69 Å². The number of nitro groups is 1. The minimum Gasteiger partial charge on any atom is -0.348 e. The summed E-state index contributed by atoms with van der Waals surface area (Å²) in [5, 5.41) is 13.9. The summed E-state index contributed by atoms with van der Waals surface area (Å²) in [4.78, 5) is 23.9. The molecule has 1 aliphatic rings. The number of hydrogen-bond donors (Lipinski definition) is 1. The maximum Gasteiger partial charge on any atom is 0.283 e. The van der Waals surface area contributed by atoms with E-state index in [4.69, 9.17) is 0 Å². The smallest absolute Gasteiger partial charge is 0.283 e. The quantitative estimate of drug-likeness (QED) is 0.394. The van der Waals surface area contributed by atoms with Gasteiger partial charge in [-0.1, -0.05) is 24.6 Å². The average Bonchev–Trinajstić information content (AvgIpc) is 2.77. The summed E-state index contributed by atoms with van der Waals surface area (Å²) in [5.74, 6) is -0.504. The number of nitro benzene ring substituents is 1. The number of piperidine rings is 1. The van der Waals surface area contributed by atoms with Gasteiger partial charge in [0.2, 0.25) is 10.0 Å². The van der Waals surface area contributed by atoms with Gasteiger partial charge in [0.05, 0.1) is 14.7 Å². The molecule has 0 unspecified atom stereocenters. The summed E-state index contributed by atoms with van der Waals surface area (Å²) >= 11 is 1.23. The molecule has 3 rings (SSSR count). The highest BCUT2D eigenvalue weighted by atomic mass is 32.2. The first-order valence-electron chi connectivity index (χ1n) is 9.53. The van der Waals surface area contributed by atoms with Crippen LogP contribution in [-0.4, -0.2) is 42.9 Å². The van der Waals surface area contributed by atoms with Crippen molar-refractivity contribution in [2.24, 2.45) is 0 Å². The number of sulfonamides is 1. The molecule has 0 aliphatic carbocycles. The molecule has 0 aromatic heterocycles. The lowest BCUT2D eigenvalue weighted by Crippen LogP contribution is -2.36. The van der Waals surface area contributed by atoms with E-state index in [9.17, 15) is 23.3 Å². The van der Waals surface area contributed by atoms with Crippen molar-refractivity contribution in [3.8, 4) is 0 Å². The summed E-state index contributed by atoms with van der Waals surface area (Å²) in [6, 6.07) is 10.9. The van der Waals surface area contributed by atoms with E-state index in [2.05, 4.69) is 5.32 Å². The normalized spacial score (nSPS) is 15.0. The Morgan fingerprint density at radius 2 is 1.87 bits per heavy atom. The fourth-order valence-electron chi connectivity index (χ4n) is 3.40. The number of thioether (sulfide) groups is 1. The van der Waals surface area contributed by atoms with Crippen LogP contribution < -0.4 is 5.32 Å². The SMILES string of the molecule is CSc1ccc(C(=O)NCc2ccccc2S(=O)(=O)N2CCCCC2)cc1[N+](=O)[O-]. The number of nitrogens with zero attached hydrogens (tertiary/aromatic N) is 2. The van der Waals surface area contributed by atoms with Crippen LogP contribution in [0.3, 0.4) is 0 Å². The fourth-order valence-corrected chi connectivity index (χ4v) is 5.68. The average molecular weight is 450 g/mol. The van der Waals surface area contributed by atoms with Crippen molar-refractivity contribution in [1.29, 1.82) is 0 Å². The largest absolute Gasteiger partial charge is 0.348 e. The molecule has 2 aromatic rings. The molecular formula is C20H23N3O5S2. The molecule has 0 radical (unpaired) electrons. The molecule has 0 atom stereocenters. The van der Waals surface area contributed by atoms with Crippen LogP contribution in [-0.2, 0) is 16.6 Å². The minimum absolute atomic E-state index is 0.000152. The second-order valence-corrected chi connectivity index (χ2v) is 9.65. The zero-order valence-corrected chi connectivity index (χ0v) is 18.2. The van der Waals surface area contributed by atoms with Crippen molar-refractivity contribution in [3.05, 3.63) is 63.7 Å². The molecule has 1 fully saturated rings. The number of carbonyl (C=O) groups is 1. The van der Waals surface area contributed by atoms with E-state index in [0.717, 1.165) is 19.3 Å². The van der Waals surface area contributed by atoms with E-state index in [-0.39, 0.29) is 22.7 Å². The molecule has 1 amide bonds. The molecule has 1 N–H and O–H groups in total. The van der Waals surface area contributed by atoms with Crippen LogP contribution in [0.25, 0.3) is 0 Å². The fraction of sp³-hybridized carbons (Fsp3) is 0.350. The van der Waals surface area contributed by atoms with Crippen LogP contribution in [0.5, 0.6) is 0 Å². The molecule has 0 saturated carbocycles. The minimum atomic E-state index is -3.64. The van der Waals surface area contributed by atoms with Gasteiger partial charge in [-0.25, -0.2) is 8.42 Å². The molecule has 10 heteroatoms. The predicted molar refractivity (Wildman–Crippen MR) is 115 cm³/mol. The number of amides is 1. The van der Waals surface area contributed by atoms with Crippen LogP contribution in [0, 0.1) is 10.1 Å². The lowest BCUT2D eigenvalue weighted by molar-refractivity contribution is -0.387. The van der Waals surface area contributed by atoms with E-state index < -0.39 is 20.9 Å². The van der Waals surface area contributed by atoms with Gasteiger partial charge in [-0.3, -0.25) is 14.9 Å². The third kappa shape index (κ3) is 4.82. The van der Waals surface area contributed by atoms with Gasteiger partial charge >= 0.3 is 0 Å². The Labute approximate surface area is 179 Å². The van der Waals surface area contributed by atoms with Gasteiger partial charge < -0.3 is 5.32 Å². The Hall–Kier alpha value is -2.43. The van der Waals surface area contributed by atoms with Crippen LogP contribution in [0.2, 0.25) is 0 Å². The van der Waals surface area contributed by atoms with Crippen molar-refractivity contribution in [2.75, 3.05) is 19.3 Å². The molecule has 8 nitrogen and oxygen atoms in total. The Morgan fingerprint density at radius 3 is 2.53 bits per heavy atom. The van der Waals surface area contributed by atoms with Gasteiger partial charge in [-0.2, -0.15) is 4.31 Å². The molecule has 160 valence electrons. The van der Waals surface area contributed by atoms with Crippen molar-refractivity contribution in [2.45, 2.75) is 35.6 Å². The Morgan fingerprint density at radius 1 is 1.17 bits per heavy atom. The van der Waals surface area contributed by atoms with Crippen molar-refractivity contribution >= 4 is 33.4 Å². The van der Waals surface area contributed by atoms with Gasteiger partial charge in [0.25, 0.3) is 11.6 Å². The standard InChI is InChI=1S/C20H23N3O5S2/c1-29-18-10-9-15(13-17(18)23(25)26)20(24)21-14-16-7-3-4-8-19(16)30(27,28)22-11-5-2-6-12-22/h3-4,7-10,13H,2,5-6,11-12,14H2,1H3,(H,21,24). The van der Waals surface area contributed by atoms with Gasteiger partial charge in [0, 0.05) is 31.3 Å².